The molecule has 6 aliphatic heterocycles. The number of carbonyl (C=O) groups excluding carboxylic acids is 7. The number of carbonyl (C=O) groups is 7. The number of phosphoric ester groups is 1. The van der Waals surface area contributed by atoms with Gasteiger partial charge in [-0.2, -0.15) is 5.70 Å². The van der Waals surface area contributed by atoms with Gasteiger partial charge in [-0.3, -0.25) is 53.1 Å². The standard InChI is InChI=1S/C60H86N13O15P.CH3.Co/c1-28(87-89(84,85)88-51-39(26-74)86-55(50(51)83)73-27-68-37-20-31(75)10-14-38(37)73)25-67-47(82)18-19-57(6)35(21-44(64)79)54-60(9)59(8,24-46(66)81)34(13-17-43(63)78)49(72-60)30(3)53-58(7,23-45(65)80)32(11-15-41(61)76)36(69-53)22-40-56(4,5)33(12-16-42(62)77)48(70-40)29(2)52(57)71-54;;/h10,14,20,22,27-28,32-35,39,50-51,54-55,74,83H,11-13,15-19,21,23-26H2,1-9H3,(H16,61,62,63,64,65,66,67,69,70,71,72,75,76,77,78,79,80,81,82,84,85);1H3;/q;-1;+3/p-2/t28?,32-,33-,34-,35+,39-,50-,51-,54?,55+,57-,58+,59+,60+;;/m1../s1. The summed E-state index contributed by atoms with van der Waals surface area (Å²) < 4.78 is 31.5. The van der Waals surface area contributed by atoms with E-state index in [1.165, 1.54) is 36.0 Å². The largest absolute Gasteiger partial charge is 3.00 e. The number of rotatable bonds is 26. The number of amides is 7. The predicted molar refractivity (Wildman–Crippen MR) is 330 cm³/mol. The van der Waals surface area contributed by atoms with E-state index in [0.717, 1.165) is 0 Å². The second-order valence-corrected chi connectivity index (χ2v) is 27.6. The minimum absolute atomic E-state index is 0. The molecule has 0 aliphatic carbocycles. The van der Waals surface area contributed by atoms with E-state index in [1.54, 1.807) is 13.8 Å². The Labute approximate surface area is 539 Å². The number of imidazole rings is 1. The van der Waals surface area contributed by atoms with E-state index in [2.05, 4.69) is 10.3 Å². The van der Waals surface area contributed by atoms with Crippen molar-refractivity contribution in [2.45, 2.75) is 175 Å². The number of aromatic hydroxyl groups is 1. The Morgan fingerprint density at radius 3 is 2.01 bits per heavy atom. The van der Waals surface area contributed by atoms with Crippen LogP contribution in [0.2, 0.25) is 0 Å². The second-order valence-electron chi connectivity index (χ2n) is 26.2. The molecule has 1 aromatic carbocycles. The van der Waals surface area contributed by atoms with Crippen molar-refractivity contribution in [3.63, 3.8) is 0 Å². The first kappa shape index (κ1) is 73.4. The van der Waals surface area contributed by atoms with Crippen LogP contribution in [0, 0.1) is 52.8 Å². The predicted octanol–water partition coefficient (Wildman–Crippen LogP) is 2.85. The number of aromatic nitrogens is 2. The first-order chi connectivity index (χ1) is 41.4. The van der Waals surface area contributed by atoms with Crippen molar-refractivity contribution in [3.8, 4) is 5.75 Å². The molecule has 0 radical (unpaired) electrons. The molecule has 8 bridgehead atoms. The number of aliphatic imine (C=N–C) groups is 3. The van der Waals surface area contributed by atoms with Gasteiger partial charge in [-0.15, -0.1) is 0 Å². The first-order valence-electron chi connectivity index (χ1n) is 29.8. The maximum Gasteiger partial charge on any atom is 3.00 e. The summed E-state index contributed by atoms with van der Waals surface area (Å²) in [7, 11) is -5.34. The Morgan fingerprint density at radius 1 is 0.824 bits per heavy atom. The molecule has 0 spiro atoms. The maximum atomic E-state index is 14.3. The van der Waals surface area contributed by atoms with Crippen LogP contribution in [-0.2, 0) is 68.7 Å². The summed E-state index contributed by atoms with van der Waals surface area (Å²) in [6.45, 7) is 15.0. The van der Waals surface area contributed by atoms with Crippen molar-refractivity contribution in [1.29, 1.82) is 0 Å². The fraction of sp³-hybridized carbons (Fsp3) is 0.607. The molecule has 2 saturated heterocycles. The van der Waals surface area contributed by atoms with Gasteiger partial charge in [0, 0.05) is 114 Å². The number of primary amides is 6. The molecule has 15 atom stereocenters. The van der Waals surface area contributed by atoms with Crippen molar-refractivity contribution in [2.75, 3.05) is 13.2 Å². The zero-order valence-electron chi connectivity index (χ0n) is 53.0. The molecule has 16 N–H and O–H groups in total. The van der Waals surface area contributed by atoms with Crippen LogP contribution in [0.3, 0.4) is 0 Å². The molecule has 8 rings (SSSR count). The number of phenols is 1. The third-order valence-electron chi connectivity index (χ3n) is 19.8. The van der Waals surface area contributed by atoms with Crippen LogP contribution < -0.4 is 44.6 Å². The Kier molecular flexibility index (Phi) is 22.2. The number of aliphatic hydroxyl groups excluding tert-OH is 2. The summed E-state index contributed by atoms with van der Waals surface area (Å²) in [6.07, 6.45) is -5.25. The van der Waals surface area contributed by atoms with E-state index >= 15 is 0 Å². The van der Waals surface area contributed by atoms with E-state index < -0.39 is 143 Å². The molecule has 2 fully saturated rings. The fourth-order valence-corrected chi connectivity index (χ4v) is 16.2. The third-order valence-corrected chi connectivity index (χ3v) is 21.0. The number of benzene rings is 1. The summed E-state index contributed by atoms with van der Waals surface area (Å²) in [5, 5.41) is 39.8. The first-order valence-corrected chi connectivity index (χ1v) is 31.3. The van der Waals surface area contributed by atoms with Crippen LogP contribution in [0.1, 0.15) is 139 Å². The number of hydrogen-bond acceptors (Lipinski definition) is 19. The number of aliphatic hydroxyl groups is 2. The van der Waals surface area contributed by atoms with Crippen molar-refractivity contribution in [1.82, 2.24) is 14.9 Å². The molecule has 7 heterocycles. The number of ether oxygens (including phenoxy) is 1. The van der Waals surface area contributed by atoms with Gasteiger partial charge in [0.15, 0.2) is 6.23 Å². The average molecular weight is 1330 g/mol. The van der Waals surface area contributed by atoms with Gasteiger partial charge in [-0.1, -0.05) is 40.7 Å². The van der Waals surface area contributed by atoms with Gasteiger partial charge in [0.2, 0.25) is 41.4 Å². The number of nitrogens with zero attached hydrogens (tertiary/aromatic N) is 6. The summed E-state index contributed by atoms with van der Waals surface area (Å²) in [5.41, 5.74) is 34.2. The summed E-state index contributed by atoms with van der Waals surface area (Å²) in [5.74, 6) is -7.55. The van der Waals surface area contributed by atoms with Crippen LogP contribution in [-0.4, -0.2) is 133 Å². The van der Waals surface area contributed by atoms with E-state index in [0.29, 0.717) is 56.4 Å². The van der Waals surface area contributed by atoms with E-state index in [9.17, 15) is 58.3 Å². The van der Waals surface area contributed by atoms with Gasteiger partial charge >= 0.3 is 16.8 Å². The van der Waals surface area contributed by atoms with E-state index in [1.807, 2.05) is 47.6 Å². The van der Waals surface area contributed by atoms with Gasteiger partial charge in [0.1, 0.15) is 24.1 Å². The molecule has 0 saturated carbocycles. The summed E-state index contributed by atoms with van der Waals surface area (Å²) in [6, 6.07) is 3.22. The number of fused-ring (bicyclic) bond motifs is 7. The van der Waals surface area contributed by atoms with Crippen LogP contribution in [0.5, 0.6) is 5.75 Å². The minimum Gasteiger partial charge on any atom is -0.756 e. The van der Waals surface area contributed by atoms with E-state index in [4.69, 9.17) is 68.5 Å². The third kappa shape index (κ3) is 14.1. The normalized spacial score (nSPS) is 33.7. The Balaban J connectivity index is 0.00000658. The molecule has 28 nitrogen and oxygen atoms in total. The molecule has 7 amide bonds. The van der Waals surface area contributed by atoms with Crippen LogP contribution in [0.4, 0.5) is 0 Å². The van der Waals surface area contributed by atoms with Crippen molar-refractivity contribution in [3.05, 3.63) is 71.6 Å². The molecular formula is C61H87CoN13O15P. The maximum absolute atomic E-state index is 14.3. The summed E-state index contributed by atoms with van der Waals surface area (Å²) >= 11 is 0. The van der Waals surface area contributed by atoms with Crippen molar-refractivity contribution < 1.29 is 88.9 Å². The van der Waals surface area contributed by atoms with Gasteiger partial charge < -0.3 is 91.0 Å². The molecule has 6 aliphatic rings. The van der Waals surface area contributed by atoms with Gasteiger partial charge in [-0.25, -0.2) is 4.98 Å². The van der Waals surface area contributed by atoms with Gasteiger partial charge in [0.25, 0.3) is 7.82 Å². The fourth-order valence-electron chi connectivity index (χ4n) is 15.1. The number of phosphoric acid groups is 1. The monoisotopic (exact) mass is 1330 g/mol. The number of nitrogens with two attached hydrogens (primary N) is 6. The molecule has 2 aromatic rings. The average Bonchev–Trinajstić information content (AvgIpc) is 1.53. The van der Waals surface area contributed by atoms with Crippen molar-refractivity contribution >= 4 is 77.3 Å². The Hall–Kier alpha value is -6.69. The molecule has 500 valence electrons. The SMILES string of the molecule is C/C1=C2/[N-]C([C@H](CC(N)=O)[C@@]2(C)CCC(=O)NCC(C)OP(=O)([O-])O[C@H]2[C@@H](O)[C@@H](n3cnc4cc(O)ccc43)O[C@@H]2CO)[C@]2(C)N=C(/C(C)=C3N=C(/C=C4N=C1[C@@H](CCC(N)=O)C\4(C)C)[C@@H](CCC(N)=O)[C@]\3(C)CC(N)=O)[C@@H](CCC(N)=O)[C@]2(C)CC(N)=O.[CH3-].[Co+3]. The molecule has 3 unspecified atom stereocenters. The van der Waals surface area contributed by atoms with Crippen LogP contribution in [0.25, 0.3) is 16.4 Å². The second kappa shape index (κ2) is 27.5. The topological polar surface area (TPSA) is 485 Å². The van der Waals surface area contributed by atoms with Crippen LogP contribution in [0.15, 0.2) is 73.8 Å². The quantitative estimate of drug-likeness (QED) is 0.0478. The van der Waals surface area contributed by atoms with Gasteiger partial charge in [0.05, 0.1) is 41.3 Å². The Bertz CT molecular complexity index is 3490. The van der Waals surface area contributed by atoms with Crippen molar-refractivity contribution in [2.24, 2.45) is 94.7 Å². The van der Waals surface area contributed by atoms with Crippen LogP contribution >= 0.6 is 7.82 Å². The van der Waals surface area contributed by atoms with E-state index in [-0.39, 0.29) is 107 Å². The molecule has 91 heavy (non-hydrogen) atoms. The molecule has 30 heteroatoms. The smallest absolute Gasteiger partial charge is 0.756 e. The minimum atomic E-state index is -5.34. The molecule has 1 aromatic heterocycles. The summed E-state index contributed by atoms with van der Waals surface area (Å²) in [4.78, 5) is 127. The molecular weight excluding hydrogens is 1240 g/mol. The Morgan fingerprint density at radius 2 is 1.43 bits per heavy atom. The number of allylic oxidation sites excluding steroid dienone is 6. The number of nitrogens with one attached hydrogen (secondary N) is 1. The zero-order valence-corrected chi connectivity index (χ0v) is 55.0. The number of hydrogen-bond donors (Lipinski definition) is 10. The zero-order chi connectivity index (χ0) is 65.8. The van der Waals surface area contributed by atoms with Gasteiger partial charge in [-0.05, 0) is 94.1 Å². The number of phenolic OH excluding ortho intramolecular Hbond substituents is 1.